The Balaban J connectivity index is 1.92. The molecule has 4 atom stereocenters. The molecule has 2 fully saturated rings. The third-order valence-electron chi connectivity index (χ3n) is 4.48. The van der Waals surface area contributed by atoms with Crippen LogP contribution in [0.4, 0.5) is 0 Å². The van der Waals surface area contributed by atoms with E-state index < -0.39 is 18.1 Å². The van der Waals surface area contributed by atoms with Crippen LogP contribution in [-0.4, -0.2) is 18.1 Å². The van der Waals surface area contributed by atoms with Gasteiger partial charge in [0.25, 0.3) is 0 Å². The van der Waals surface area contributed by atoms with Crippen LogP contribution in [0.5, 0.6) is 0 Å². The molecule has 0 radical (unpaired) electrons. The van der Waals surface area contributed by atoms with Crippen molar-refractivity contribution in [3.8, 4) is 0 Å². The van der Waals surface area contributed by atoms with Crippen LogP contribution in [0.15, 0.2) is 0 Å². The molecular formula is C12H26OSi2. The Bertz CT molecular complexity index is 208. The van der Waals surface area contributed by atoms with Crippen LogP contribution < -0.4 is 0 Å². The predicted octanol–water partition coefficient (Wildman–Crippen LogP) is 3.31. The lowest BCUT2D eigenvalue weighted by Crippen LogP contribution is -2.31. The highest BCUT2D eigenvalue weighted by Crippen LogP contribution is 2.50. The summed E-state index contributed by atoms with van der Waals surface area (Å²) in [7, 11) is -1.62. The zero-order chi connectivity index (χ0) is 10.8. The molecule has 2 aliphatic carbocycles. The van der Waals surface area contributed by atoms with Gasteiger partial charge in [-0.2, -0.15) is 0 Å². The summed E-state index contributed by atoms with van der Waals surface area (Å²) in [6.07, 6.45) is 9.08. The SMILES string of the molecule is C[SiH](C)O[SiH](C)C1CCC2CCCCC21. The third kappa shape index (κ3) is 2.74. The van der Waals surface area contributed by atoms with Crippen molar-refractivity contribution in [2.45, 2.75) is 63.7 Å². The van der Waals surface area contributed by atoms with E-state index in [1.165, 1.54) is 38.5 Å². The van der Waals surface area contributed by atoms with Crippen LogP contribution in [0.1, 0.15) is 38.5 Å². The predicted molar refractivity (Wildman–Crippen MR) is 71.4 cm³/mol. The van der Waals surface area contributed by atoms with E-state index in [0.29, 0.717) is 0 Å². The maximum Gasteiger partial charge on any atom is 0.163 e. The van der Waals surface area contributed by atoms with Crippen molar-refractivity contribution < 1.29 is 4.12 Å². The van der Waals surface area contributed by atoms with E-state index in [1.807, 2.05) is 0 Å². The molecule has 0 spiro atoms. The second kappa shape index (κ2) is 5.15. The van der Waals surface area contributed by atoms with Gasteiger partial charge in [0.15, 0.2) is 18.1 Å². The summed E-state index contributed by atoms with van der Waals surface area (Å²) in [5.41, 5.74) is 1.03. The summed E-state index contributed by atoms with van der Waals surface area (Å²) in [6.45, 7) is 7.13. The average molecular weight is 243 g/mol. The van der Waals surface area contributed by atoms with Crippen molar-refractivity contribution in [2.75, 3.05) is 0 Å². The Hall–Kier alpha value is 0.394. The van der Waals surface area contributed by atoms with E-state index in [0.717, 1.165) is 17.4 Å². The average Bonchev–Trinajstić information content (AvgIpc) is 2.59. The molecule has 0 aromatic heterocycles. The summed E-state index contributed by atoms with van der Waals surface area (Å²) in [5, 5.41) is 0. The molecule has 2 saturated carbocycles. The van der Waals surface area contributed by atoms with Crippen LogP contribution in [-0.2, 0) is 4.12 Å². The van der Waals surface area contributed by atoms with Crippen molar-refractivity contribution in [1.29, 1.82) is 0 Å². The minimum atomic E-state index is -0.845. The van der Waals surface area contributed by atoms with Gasteiger partial charge in [-0.3, -0.25) is 0 Å². The Morgan fingerprint density at radius 1 is 0.933 bits per heavy atom. The molecule has 2 aliphatic rings. The van der Waals surface area contributed by atoms with E-state index >= 15 is 0 Å². The Morgan fingerprint density at radius 3 is 2.40 bits per heavy atom. The molecule has 0 amide bonds. The monoisotopic (exact) mass is 242 g/mol. The van der Waals surface area contributed by atoms with Gasteiger partial charge < -0.3 is 4.12 Å². The summed E-state index contributed by atoms with van der Waals surface area (Å²) in [4.78, 5) is 0. The van der Waals surface area contributed by atoms with Crippen LogP contribution >= 0.6 is 0 Å². The fourth-order valence-corrected chi connectivity index (χ4v) is 10.00. The quantitative estimate of drug-likeness (QED) is 0.690. The van der Waals surface area contributed by atoms with E-state index in [2.05, 4.69) is 19.6 Å². The van der Waals surface area contributed by atoms with Gasteiger partial charge in [0.05, 0.1) is 0 Å². The molecule has 15 heavy (non-hydrogen) atoms. The van der Waals surface area contributed by atoms with Gasteiger partial charge in [0.2, 0.25) is 0 Å². The summed E-state index contributed by atoms with van der Waals surface area (Å²) >= 11 is 0. The smallest absolute Gasteiger partial charge is 0.163 e. The first-order valence-electron chi connectivity index (χ1n) is 6.84. The first kappa shape index (κ1) is 11.9. The molecule has 0 saturated heterocycles. The lowest BCUT2D eigenvalue weighted by atomic mass is 9.82. The fraction of sp³-hybridized carbons (Fsp3) is 1.00. The molecular weight excluding hydrogens is 216 g/mol. The number of hydrogen-bond acceptors (Lipinski definition) is 1. The lowest BCUT2D eigenvalue weighted by molar-refractivity contribution is 0.272. The van der Waals surface area contributed by atoms with Crippen LogP contribution in [0, 0.1) is 11.8 Å². The molecule has 0 aromatic rings. The zero-order valence-electron chi connectivity index (χ0n) is 10.5. The Kier molecular flexibility index (Phi) is 4.07. The minimum absolute atomic E-state index is 0.772. The number of rotatable bonds is 3. The normalized spacial score (nSPS) is 38.0. The second-order valence-corrected chi connectivity index (χ2v) is 11.3. The molecule has 88 valence electrons. The lowest BCUT2D eigenvalue weighted by Gasteiger charge is -2.32. The minimum Gasteiger partial charge on any atom is -0.460 e. The third-order valence-corrected chi connectivity index (χ3v) is 10.4. The Morgan fingerprint density at radius 2 is 1.67 bits per heavy atom. The van der Waals surface area contributed by atoms with Crippen LogP contribution in [0.2, 0.25) is 25.2 Å². The first-order valence-corrected chi connectivity index (χ1v) is 11.9. The molecule has 3 heteroatoms. The highest BCUT2D eigenvalue weighted by molar-refractivity contribution is 6.64. The zero-order valence-corrected chi connectivity index (χ0v) is 12.8. The van der Waals surface area contributed by atoms with Crippen molar-refractivity contribution in [1.82, 2.24) is 0 Å². The van der Waals surface area contributed by atoms with Gasteiger partial charge in [-0.25, -0.2) is 0 Å². The first-order chi connectivity index (χ1) is 7.18. The molecule has 0 aliphatic heterocycles. The molecule has 2 rings (SSSR count). The summed E-state index contributed by atoms with van der Waals surface area (Å²) < 4.78 is 6.26. The topological polar surface area (TPSA) is 9.23 Å². The van der Waals surface area contributed by atoms with Crippen molar-refractivity contribution in [3.05, 3.63) is 0 Å². The van der Waals surface area contributed by atoms with Gasteiger partial charge in [-0.1, -0.05) is 38.5 Å². The van der Waals surface area contributed by atoms with Crippen LogP contribution in [0.25, 0.3) is 0 Å². The van der Waals surface area contributed by atoms with Gasteiger partial charge in [0, 0.05) is 0 Å². The van der Waals surface area contributed by atoms with Crippen molar-refractivity contribution in [2.24, 2.45) is 11.8 Å². The van der Waals surface area contributed by atoms with Gasteiger partial charge in [-0.15, -0.1) is 0 Å². The van der Waals surface area contributed by atoms with Crippen molar-refractivity contribution >= 4 is 18.1 Å². The van der Waals surface area contributed by atoms with E-state index in [1.54, 1.807) is 0 Å². The van der Waals surface area contributed by atoms with Crippen LogP contribution in [0.3, 0.4) is 0 Å². The largest absolute Gasteiger partial charge is 0.460 e. The molecule has 0 bridgehead atoms. The highest BCUT2D eigenvalue weighted by Gasteiger charge is 2.40. The molecule has 0 heterocycles. The number of hydrogen-bond donors (Lipinski definition) is 0. The molecule has 4 unspecified atom stereocenters. The van der Waals surface area contributed by atoms with Gasteiger partial charge in [-0.05, 0) is 37.0 Å². The summed E-state index contributed by atoms with van der Waals surface area (Å²) in [6, 6.07) is 0. The van der Waals surface area contributed by atoms with Gasteiger partial charge >= 0.3 is 0 Å². The maximum atomic E-state index is 6.26. The molecule has 1 nitrogen and oxygen atoms in total. The Labute approximate surface area is 98.1 Å². The number of fused-ring (bicyclic) bond motifs is 1. The molecule has 0 aromatic carbocycles. The molecule has 0 N–H and O–H groups in total. The van der Waals surface area contributed by atoms with E-state index in [-0.39, 0.29) is 0 Å². The highest BCUT2D eigenvalue weighted by atomic mass is 28.4. The standard InChI is InChI=1S/C12H26OSi2/c1-14(2)13-15(3)12-9-8-10-6-4-5-7-11(10)12/h10-12,14-15H,4-9H2,1-3H3. The van der Waals surface area contributed by atoms with Crippen molar-refractivity contribution in [3.63, 3.8) is 0 Å². The van der Waals surface area contributed by atoms with Gasteiger partial charge in [0.1, 0.15) is 0 Å². The second-order valence-electron chi connectivity index (χ2n) is 5.84. The maximum absolute atomic E-state index is 6.26. The van der Waals surface area contributed by atoms with E-state index in [4.69, 9.17) is 4.12 Å². The van der Waals surface area contributed by atoms with E-state index in [9.17, 15) is 0 Å². The summed E-state index contributed by atoms with van der Waals surface area (Å²) in [5.74, 6) is 2.17. The fourth-order valence-electron chi connectivity index (χ4n) is 3.89.